The summed E-state index contributed by atoms with van der Waals surface area (Å²) in [4.78, 5) is 0. The highest BCUT2D eigenvalue weighted by Gasteiger charge is 2.16. The molecule has 0 saturated heterocycles. The van der Waals surface area contributed by atoms with E-state index in [1.807, 2.05) is 30.3 Å². The van der Waals surface area contributed by atoms with Gasteiger partial charge in [0.2, 0.25) is 0 Å². The maximum Gasteiger partial charge on any atom is 0.165 e. The number of nitrogen functional groups attached to an aromatic ring is 1. The summed E-state index contributed by atoms with van der Waals surface area (Å²) >= 11 is 0. The van der Waals surface area contributed by atoms with E-state index >= 15 is 0 Å². The maximum absolute atomic E-state index is 6.08. The average Bonchev–Trinajstić information content (AvgIpc) is 2.56. The number of benzene rings is 3. The van der Waals surface area contributed by atoms with E-state index in [9.17, 15) is 0 Å². The SMILES string of the molecule is Nc1cc2c(cc1Oc1cccc3ccccc13)OCCO2. The van der Waals surface area contributed by atoms with Gasteiger partial charge in [0, 0.05) is 17.5 Å². The molecule has 0 aromatic heterocycles. The Hall–Kier alpha value is -2.88. The van der Waals surface area contributed by atoms with Gasteiger partial charge in [-0.2, -0.15) is 0 Å². The molecule has 0 atom stereocenters. The molecular formula is C18H15NO3. The molecule has 4 heteroatoms. The molecule has 0 saturated carbocycles. The van der Waals surface area contributed by atoms with E-state index in [0.29, 0.717) is 36.1 Å². The van der Waals surface area contributed by atoms with Crippen LogP contribution in [0.4, 0.5) is 5.69 Å². The summed E-state index contributed by atoms with van der Waals surface area (Å²) in [7, 11) is 0. The second kappa shape index (κ2) is 5.15. The molecule has 0 unspecified atom stereocenters. The van der Waals surface area contributed by atoms with Gasteiger partial charge < -0.3 is 19.9 Å². The summed E-state index contributed by atoms with van der Waals surface area (Å²) in [6, 6.07) is 17.5. The van der Waals surface area contributed by atoms with E-state index in [1.54, 1.807) is 12.1 Å². The molecule has 4 nitrogen and oxygen atoms in total. The topological polar surface area (TPSA) is 53.7 Å². The van der Waals surface area contributed by atoms with E-state index in [4.69, 9.17) is 19.9 Å². The van der Waals surface area contributed by atoms with Gasteiger partial charge in [0.1, 0.15) is 19.0 Å². The van der Waals surface area contributed by atoms with E-state index in [2.05, 4.69) is 12.1 Å². The van der Waals surface area contributed by atoms with Gasteiger partial charge in [-0.1, -0.05) is 36.4 Å². The monoisotopic (exact) mass is 293 g/mol. The van der Waals surface area contributed by atoms with Crippen LogP contribution in [0.15, 0.2) is 54.6 Å². The maximum atomic E-state index is 6.08. The van der Waals surface area contributed by atoms with Crippen molar-refractivity contribution in [1.82, 2.24) is 0 Å². The van der Waals surface area contributed by atoms with Crippen molar-refractivity contribution in [2.24, 2.45) is 0 Å². The number of anilines is 1. The number of hydrogen-bond acceptors (Lipinski definition) is 4. The van der Waals surface area contributed by atoms with Crippen LogP contribution in [0, 0.1) is 0 Å². The minimum Gasteiger partial charge on any atom is -0.486 e. The standard InChI is InChI=1S/C18H15NO3/c19-14-10-17-18(21-9-8-20-17)11-16(14)22-15-7-3-5-12-4-1-2-6-13(12)15/h1-7,10-11H,8-9,19H2. The molecule has 0 amide bonds. The van der Waals surface area contributed by atoms with Crippen molar-refractivity contribution in [2.45, 2.75) is 0 Å². The van der Waals surface area contributed by atoms with Crippen LogP contribution in [0.5, 0.6) is 23.0 Å². The molecular weight excluding hydrogens is 278 g/mol. The molecule has 4 rings (SSSR count). The highest BCUT2D eigenvalue weighted by molar-refractivity contribution is 5.88. The molecule has 0 bridgehead atoms. The van der Waals surface area contributed by atoms with E-state index in [-0.39, 0.29) is 0 Å². The number of rotatable bonds is 2. The minimum absolute atomic E-state index is 0.525. The first-order valence-corrected chi connectivity index (χ1v) is 7.16. The summed E-state index contributed by atoms with van der Waals surface area (Å²) in [6.45, 7) is 1.07. The fraction of sp³-hybridized carbons (Fsp3) is 0.111. The Morgan fingerprint density at radius 3 is 2.41 bits per heavy atom. The zero-order valence-electron chi connectivity index (χ0n) is 11.9. The lowest BCUT2D eigenvalue weighted by Crippen LogP contribution is -2.15. The fourth-order valence-electron chi connectivity index (χ4n) is 2.58. The zero-order valence-corrected chi connectivity index (χ0v) is 11.9. The Kier molecular flexibility index (Phi) is 3.00. The Morgan fingerprint density at radius 1 is 0.818 bits per heavy atom. The third-order valence-electron chi connectivity index (χ3n) is 3.64. The normalized spacial score (nSPS) is 13.1. The van der Waals surface area contributed by atoms with Crippen molar-refractivity contribution in [3.8, 4) is 23.0 Å². The third-order valence-corrected chi connectivity index (χ3v) is 3.64. The predicted octanol–water partition coefficient (Wildman–Crippen LogP) is 3.99. The Morgan fingerprint density at radius 2 is 1.55 bits per heavy atom. The van der Waals surface area contributed by atoms with Gasteiger partial charge in [-0.15, -0.1) is 0 Å². The molecule has 0 fully saturated rings. The first-order chi connectivity index (χ1) is 10.8. The van der Waals surface area contributed by atoms with Gasteiger partial charge in [0.25, 0.3) is 0 Å². The van der Waals surface area contributed by atoms with Gasteiger partial charge in [0.05, 0.1) is 5.69 Å². The van der Waals surface area contributed by atoms with Gasteiger partial charge in [0.15, 0.2) is 17.2 Å². The van der Waals surface area contributed by atoms with Crippen molar-refractivity contribution in [3.05, 3.63) is 54.6 Å². The zero-order chi connectivity index (χ0) is 14.9. The number of fused-ring (bicyclic) bond motifs is 2. The number of ether oxygens (including phenoxy) is 3. The molecule has 2 N–H and O–H groups in total. The van der Waals surface area contributed by atoms with E-state index in [0.717, 1.165) is 16.5 Å². The Bertz CT molecular complexity index is 840. The van der Waals surface area contributed by atoms with Crippen LogP contribution in [0.2, 0.25) is 0 Å². The van der Waals surface area contributed by atoms with Crippen LogP contribution in [-0.4, -0.2) is 13.2 Å². The molecule has 1 aliphatic heterocycles. The molecule has 1 aliphatic rings. The first-order valence-electron chi connectivity index (χ1n) is 7.16. The van der Waals surface area contributed by atoms with Crippen LogP contribution in [0.3, 0.4) is 0 Å². The molecule has 110 valence electrons. The summed E-state index contributed by atoms with van der Waals surface area (Å²) in [6.07, 6.45) is 0. The van der Waals surface area contributed by atoms with Crippen molar-refractivity contribution in [2.75, 3.05) is 18.9 Å². The van der Waals surface area contributed by atoms with Gasteiger partial charge >= 0.3 is 0 Å². The summed E-state index contributed by atoms with van der Waals surface area (Å²) in [5.74, 6) is 2.66. The van der Waals surface area contributed by atoms with Crippen LogP contribution in [-0.2, 0) is 0 Å². The predicted molar refractivity (Wildman–Crippen MR) is 85.9 cm³/mol. The molecule has 0 radical (unpaired) electrons. The lowest BCUT2D eigenvalue weighted by molar-refractivity contribution is 0.171. The lowest BCUT2D eigenvalue weighted by atomic mass is 10.1. The second-order valence-corrected chi connectivity index (χ2v) is 5.11. The van der Waals surface area contributed by atoms with Crippen molar-refractivity contribution < 1.29 is 14.2 Å². The van der Waals surface area contributed by atoms with Crippen LogP contribution < -0.4 is 19.9 Å². The Balaban J connectivity index is 1.76. The molecule has 0 spiro atoms. The van der Waals surface area contributed by atoms with Crippen LogP contribution in [0.1, 0.15) is 0 Å². The van der Waals surface area contributed by atoms with E-state index in [1.165, 1.54) is 0 Å². The smallest absolute Gasteiger partial charge is 0.165 e. The summed E-state index contributed by atoms with van der Waals surface area (Å²) in [5.41, 5.74) is 6.60. The van der Waals surface area contributed by atoms with Crippen molar-refractivity contribution in [3.63, 3.8) is 0 Å². The van der Waals surface area contributed by atoms with E-state index < -0.39 is 0 Å². The molecule has 3 aromatic rings. The number of hydrogen-bond donors (Lipinski definition) is 1. The molecule has 22 heavy (non-hydrogen) atoms. The second-order valence-electron chi connectivity index (χ2n) is 5.11. The number of nitrogens with two attached hydrogens (primary N) is 1. The van der Waals surface area contributed by atoms with Gasteiger partial charge in [-0.05, 0) is 11.5 Å². The Labute approximate surface area is 128 Å². The molecule has 3 aromatic carbocycles. The quantitative estimate of drug-likeness (QED) is 0.726. The summed E-state index contributed by atoms with van der Waals surface area (Å²) in [5, 5.41) is 2.16. The lowest BCUT2D eigenvalue weighted by Gasteiger charge is -2.20. The van der Waals surface area contributed by atoms with Crippen LogP contribution >= 0.6 is 0 Å². The average molecular weight is 293 g/mol. The van der Waals surface area contributed by atoms with Gasteiger partial charge in [-0.25, -0.2) is 0 Å². The first kappa shape index (κ1) is 12.8. The minimum atomic E-state index is 0.525. The molecule has 1 heterocycles. The third kappa shape index (κ3) is 2.19. The van der Waals surface area contributed by atoms with Crippen molar-refractivity contribution >= 4 is 16.5 Å². The van der Waals surface area contributed by atoms with Crippen LogP contribution in [0.25, 0.3) is 10.8 Å². The molecule has 0 aliphatic carbocycles. The van der Waals surface area contributed by atoms with Crippen molar-refractivity contribution in [1.29, 1.82) is 0 Å². The highest BCUT2D eigenvalue weighted by Crippen LogP contribution is 2.41. The largest absolute Gasteiger partial charge is 0.486 e. The summed E-state index contributed by atoms with van der Waals surface area (Å²) < 4.78 is 17.1. The van der Waals surface area contributed by atoms with Gasteiger partial charge in [-0.3, -0.25) is 0 Å². The fourth-order valence-corrected chi connectivity index (χ4v) is 2.58. The highest BCUT2D eigenvalue weighted by atomic mass is 16.6.